The number of nitrogens with zero attached hydrogens (tertiary/aromatic N) is 1. The summed E-state index contributed by atoms with van der Waals surface area (Å²) in [4.78, 5) is 2.26. The molecule has 0 aromatic rings. The van der Waals surface area contributed by atoms with Crippen molar-refractivity contribution in [3.8, 4) is 0 Å². The Bertz CT molecular complexity index is 150. The zero-order valence-electron chi connectivity index (χ0n) is 9.41. The lowest BCUT2D eigenvalue weighted by molar-refractivity contribution is 0.0972. The van der Waals surface area contributed by atoms with E-state index in [2.05, 4.69) is 18.7 Å². The molecule has 14 heavy (non-hydrogen) atoms. The molecule has 1 fully saturated rings. The fraction of sp³-hybridized carbons (Fsp3) is 1.00. The van der Waals surface area contributed by atoms with Crippen molar-refractivity contribution in [2.45, 2.75) is 32.8 Å². The minimum Gasteiger partial charge on any atom is -0.392 e. The van der Waals surface area contributed by atoms with Crippen molar-refractivity contribution in [1.82, 2.24) is 4.90 Å². The van der Waals surface area contributed by atoms with Gasteiger partial charge in [0, 0.05) is 26.2 Å². The maximum Gasteiger partial charge on any atom is 0.0679 e. The van der Waals surface area contributed by atoms with Crippen molar-refractivity contribution in [1.29, 1.82) is 0 Å². The van der Waals surface area contributed by atoms with E-state index in [0.29, 0.717) is 0 Å². The molecule has 1 rings (SSSR count). The molecule has 0 spiro atoms. The number of aliphatic hydroxyl groups excluding tert-OH is 1. The SMILES string of the molecule is CC(C)CCOCCN1CC[C@H](O)C1. The summed E-state index contributed by atoms with van der Waals surface area (Å²) in [5.41, 5.74) is 0. The molecular weight excluding hydrogens is 178 g/mol. The molecule has 3 nitrogen and oxygen atoms in total. The third kappa shape index (κ3) is 4.94. The molecule has 0 bridgehead atoms. The molecule has 1 N–H and O–H groups in total. The van der Waals surface area contributed by atoms with E-state index in [1.165, 1.54) is 0 Å². The molecule has 1 heterocycles. The number of β-amino-alcohol motifs (C(OH)–C–C–N with tert-alkyl or cyclic N) is 1. The molecule has 1 saturated heterocycles. The highest BCUT2D eigenvalue weighted by atomic mass is 16.5. The predicted molar refractivity (Wildman–Crippen MR) is 57.3 cm³/mol. The largest absolute Gasteiger partial charge is 0.392 e. The Morgan fingerprint density at radius 3 is 2.79 bits per heavy atom. The Kier molecular flexibility index (Phi) is 5.45. The second-order valence-corrected chi connectivity index (χ2v) is 4.54. The zero-order valence-corrected chi connectivity index (χ0v) is 9.41. The first-order valence-electron chi connectivity index (χ1n) is 5.66. The van der Waals surface area contributed by atoms with E-state index < -0.39 is 0 Å². The molecule has 0 radical (unpaired) electrons. The number of ether oxygens (including phenoxy) is 1. The highest BCUT2D eigenvalue weighted by Gasteiger charge is 2.19. The summed E-state index contributed by atoms with van der Waals surface area (Å²) in [5.74, 6) is 0.726. The van der Waals surface area contributed by atoms with Crippen molar-refractivity contribution in [2.75, 3.05) is 32.8 Å². The van der Waals surface area contributed by atoms with Crippen LogP contribution in [-0.4, -0.2) is 49.0 Å². The van der Waals surface area contributed by atoms with Crippen molar-refractivity contribution in [2.24, 2.45) is 5.92 Å². The van der Waals surface area contributed by atoms with Gasteiger partial charge in [0.2, 0.25) is 0 Å². The van der Waals surface area contributed by atoms with Crippen LogP contribution in [0.1, 0.15) is 26.7 Å². The highest BCUT2D eigenvalue weighted by Crippen LogP contribution is 2.07. The van der Waals surface area contributed by atoms with Gasteiger partial charge in [-0.1, -0.05) is 13.8 Å². The summed E-state index contributed by atoms with van der Waals surface area (Å²) >= 11 is 0. The first-order chi connectivity index (χ1) is 6.68. The molecule has 0 aromatic carbocycles. The van der Waals surface area contributed by atoms with Crippen molar-refractivity contribution < 1.29 is 9.84 Å². The quantitative estimate of drug-likeness (QED) is 0.654. The Balaban J connectivity index is 1.89. The van der Waals surface area contributed by atoms with Crippen molar-refractivity contribution in [3.63, 3.8) is 0 Å². The van der Waals surface area contributed by atoms with Gasteiger partial charge in [0.15, 0.2) is 0 Å². The average Bonchev–Trinajstić information content (AvgIpc) is 2.50. The van der Waals surface area contributed by atoms with E-state index >= 15 is 0 Å². The Hall–Kier alpha value is -0.120. The molecule has 0 aromatic heterocycles. The van der Waals surface area contributed by atoms with Gasteiger partial charge in [0.05, 0.1) is 12.7 Å². The molecule has 0 amide bonds. The van der Waals surface area contributed by atoms with Crippen molar-refractivity contribution >= 4 is 0 Å². The van der Waals surface area contributed by atoms with Gasteiger partial charge < -0.3 is 9.84 Å². The van der Waals surface area contributed by atoms with Gasteiger partial charge in [-0.15, -0.1) is 0 Å². The summed E-state index contributed by atoms with van der Waals surface area (Å²) in [6, 6.07) is 0. The third-order valence-corrected chi connectivity index (χ3v) is 2.64. The first-order valence-corrected chi connectivity index (χ1v) is 5.66. The van der Waals surface area contributed by atoms with Gasteiger partial charge in [-0.05, 0) is 18.8 Å². The standard InChI is InChI=1S/C11H23NO2/c1-10(2)4-7-14-8-6-12-5-3-11(13)9-12/h10-11,13H,3-9H2,1-2H3/t11-/m0/s1. The van der Waals surface area contributed by atoms with Crippen LogP contribution in [0.2, 0.25) is 0 Å². The molecule has 3 heteroatoms. The summed E-state index contributed by atoms with van der Waals surface area (Å²) in [7, 11) is 0. The topological polar surface area (TPSA) is 32.7 Å². The van der Waals surface area contributed by atoms with Gasteiger partial charge in [-0.2, -0.15) is 0 Å². The van der Waals surface area contributed by atoms with Gasteiger partial charge >= 0.3 is 0 Å². The van der Waals surface area contributed by atoms with E-state index in [0.717, 1.165) is 51.6 Å². The van der Waals surface area contributed by atoms with E-state index in [1.807, 2.05) is 0 Å². The van der Waals surface area contributed by atoms with E-state index in [-0.39, 0.29) is 6.10 Å². The monoisotopic (exact) mass is 201 g/mol. The first kappa shape index (κ1) is 12.0. The van der Waals surface area contributed by atoms with E-state index in [9.17, 15) is 5.11 Å². The summed E-state index contributed by atoms with van der Waals surface area (Å²) in [6.45, 7) is 8.91. The number of hydrogen-bond acceptors (Lipinski definition) is 3. The second kappa shape index (κ2) is 6.38. The van der Waals surface area contributed by atoms with Gasteiger partial charge in [-0.3, -0.25) is 4.90 Å². The Labute approximate surface area is 87.1 Å². The van der Waals surface area contributed by atoms with Crippen LogP contribution in [0, 0.1) is 5.92 Å². The van der Waals surface area contributed by atoms with Crippen LogP contribution in [0.4, 0.5) is 0 Å². The molecule has 1 aliphatic rings. The van der Waals surface area contributed by atoms with Crippen LogP contribution in [0.3, 0.4) is 0 Å². The van der Waals surface area contributed by atoms with Gasteiger partial charge in [0.1, 0.15) is 0 Å². The Morgan fingerprint density at radius 2 is 2.21 bits per heavy atom. The molecular formula is C11H23NO2. The van der Waals surface area contributed by atoms with Gasteiger partial charge in [-0.25, -0.2) is 0 Å². The van der Waals surface area contributed by atoms with Gasteiger partial charge in [0.25, 0.3) is 0 Å². The second-order valence-electron chi connectivity index (χ2n) is 4.54. The number of hydrogen-bond donors (Lipinski definition) is 1. The molecule has 1 atom stereocenters. The van der Waals surface area contributed by atoms with E-state index in [1.54, 1.807) is 0 Å². The zero-order chi connectivity index (χ0) is 10.4. The minimum absolute atomic E-state index is 0.106. The molecule has 0 aliphatic carbocycles. The molecule has 0 unspecified atom stereocenters. The van der Waals surface area contributed by atoms with Crippen LogP contribution in [0.25, 0.3) is 0 Å². The fourth-order valence-corrected chi connectivity index (χ4v) is 1.63. The lowest BCUT2D eigenvalue weighted by atomic mass is 10.1. The Morgan fingerprint density at radius 1 is 1.43 bits per heavy atom. The minimum atomic E-state index is -0.106. The fourth-order valence-electron chi connectivity index (χ4n) is 1.63. The summed E-state index contributed by atoms with van der Waals surface area (Å²) in [5, 5.41) is 9.29. The van der Waals surface area contributed by atoms with Crippen LogP contribution in [0.15, 0.2) is 0 Å². The predicted octanol–water partition coefficient (Wildman–Crippen LogP) is 1.12. The van der Waals surface area contributed by atoms with Crippen LogP contribution in [-0.2, 0) is 4.74 Å². The van der Waals surface area contributed by atoms with Crippen LogP contribution >= 0.6 is 0 Å². The lowest BCUT2D eigenvalue weighted by Crippen LogP contribution is -2.26. The lowest BCUT2D eigenvalue weighted by Gasteiger charge is -2.14. The average molecular weight is 201 g/mol. The highest BCUT2D eigenvalue weighted by molar-refractivity contribution is 4.73. The van der Waals surface area contributed by atoms with Crippen LogP contribution < -0.4 is 0 Å². The molecule has 84 valence electrons. The van der Waals surface area contributed by atoms with Crippen LogP contribution in [0.5, 0.6) is 0 Å². The number of likely N-dealkylation sites (tertiary alicyclic amines) is 1. The number of aliphatic hydroxyl groups is 1. The molecule has 1 aliphatic heterocycles. The summed E-state index contributed by atoms with van der Waals surface area (Å²) in [6.07, 6.45) is 1.96. The number of rotatable bonds is 6. The van der Waals surface area contributed by atoms with E-state index in [4.69, 9.17) is 4.74 Å². The molecule has 0 saturated carbocycles. The maximum atomic E-state index is 9.29. The normalized spacial score (nSPS) is 23.6. The third-order valence-electron chi connectivity index (χ3n) is 2.64. The van der Waals surface area contributed by atoms with Crippen molar-refractivity contribution in [3.05, 3.63) is 0 Å². The smallest absolute Gasteiger partial charge is 0.0679 e. The maximum absolute atomic E-state index is 9.29. The summed E-state index contributed by atoms with van der Waals surface area (Å²) < 4.78 is 5.52.